The van der Waals surface area contributed by atoms with Crippen LogP contribution < -0.4 is 0 Å². The zero-order chi connectivity index (χ0) is 16.5. The van der Waals surface area contributed by atoms with E-state index in [0.717, 1.165) is 37.9 Å². The highest BCUT2D eigenvalue weighted by Gasteiger charge is 2.41. The van der Waals surface area contributed by atoms with E-state index >= 15 is 0 Å². The molecule has 0 radical (unpaired) electrons. The monoisotopic (exact) mass is 329 g/mol. The van der Waals surface area contributed by atoms with Crippen molar-refractivity contribution in [2.24, 2.45) is 5.92 Å². The van der Waals surface area contributed by atoms with Crippen molar-refractivity contribution in [1.82, 2.24) is 24.5 Å². The molecule has 2 aromatic heterocycles. The lowest BCUT2D eigenvalue weighted by molar-refractivity contribution is -0.138. The van der Waals surface area contributed by atoms with Crippen molar-refractivity contribution in [3.8, 4) is 0 Å². The molecule has 1 aliphatic carbocycles. The lowest BCUT2D eigenvalue weighted by Gasteiger charge is -2.29. The number of carbonyl (C=O) groups is 1. The van der Waals surface area contributed by atoms with Gasteiger partial charge in [-0.3, -0.25) is 14.2 Å². The van der Waals surface area contributed by atoms with E-state index in [1.165, 1.54) is 6.42 Å². The van der Waals surface area contributed by atoms with E-state index in [9.17, 15) is 4.79 Å². The third-order valence-electron chi connectivity index (χ3n) is 5.37. The second-order valence-corrected chi connectivity index (χ2v) is 6.80. The molecule has 2 aliphatic rings. The SMILES string of the molecule is CO[C@@H]1C[C@@H](c2nnc3cnccn23)N(C(=O)C2CCCCC2)C1. The van der Waals surface area contributed by atoms with Crippen LogP contribution >= 0.6 is 0 Å². The third-order valence-corrected chi connectivity index (χ3v) is 5.37. The van der Waals surface area contributed by atoms with E-state index in [0.29, 0.717) is 12.2 Å². The summed E-state index contributed by atoms with van der Waals surface area (Å²) in [6.45, 7) is 0.635. The fourth-order valence-electron chi connectivity index (χ4n) is 4.04. The number of aromatic nitrogens is 4. The van der Waals surface area contributed by atoms with E-state index in [1.54, 1.807) is 19.5 Å². The number of hydrogen-bond acceptors (Lipinski definition) is 5. The molecule has 0 unspecified atom stereocenters. The molecule has 7 heteroatoms. The van der Waals surface area contributed by atoms with Gasteiger partial charge in [0.15, 0.2) is 11.5 Å². The average molecular weight is 329 g/mol. The van der Waals surface area contributed by atoms with Gasteiger partial charge in [-0.25, -0.2) is 0 Å². The Kier molecular flexibility index (Phi) is 4.18. The molecule has 1 saturated heterocycles. The van der Waals surface area contributed by atoms with E-state index in [2.05, 4.69) is 15.2 Å². The number of amides is 1. The lowest BCUT2D eigenvalue weighted by atomic mass is 9.88. The average Bonchev–Trinajstić information content (AvgIpc) is 3.25. The van der Waals surface area contributed by atoms with Gasteiger partial charge in [0.05, 0.1) is 18.3 Å². The summed E-state index contributed by atoms with van der Waals surface area (Å²) in [6, 6.07) is -0.0817. The number of nitrogens with zero attached hydrogens (tertiary/aromatic N) is 5. The topological polar surface area (TPSA) is 72.6 Å². The number of hydrogen-bond donors (Lipinski definition) is 0. The van der Waals surface area contributed by atoms with Crippen LogP contribution in [0.15, 0.2) is 18.6 Å². The molecule has 24 heavy (non-hydrogen) atoms. The van der Waals surface area contributed by atoms with E-state index in [1.807, 2.05) is 15.5 Å². The smallest absolute Gasteiger partial charge is 0.226 e. The van der Waals surface area contributed by atoms with Crippen molar-refractivity contribution in [2.45, 2.75) is 50.7 Å². The Bertz CT molecular complexity index is 725. The predicted octanol–water partition coefficient (Wildman–Crippen LogP) is 1.99. The highest BCUT2D eigenvalue weighted by Crippen LogP contribution is 2.36. The molecule has 0 N–H and O–H groups in total. The summed E-state index contributed by atoms with van der Waals surface area (Å²) in [5.41, 5.74) is 0.707. The zero-order valence-corrected chi connectivity index (χ0v) is 14.0. The van der Waals surface area contributed by atoms with E-state index < -0.39 is 0 Å². The van der Waals surface area contributed by atoms with Crippen LogP contribution in [0.1, 0.15) is 50.4 Å². The van der Waals surface area contributed by atoms with Crippen LogP contribution in [0.4, 0.5) is 0 Å². The molecule has 1 aliphatic heterocycles. The summed E-state index contributed by atoms with van der Waals surface area (Å²) in [7, 11) is 1.71. The molecule has 1 saturated carbocycles. The summed E-state index contributed by atoms with van der Waals surface area (Å²) < 4.78 is 7.48. The normalized spacial score (nSPS) is 25.5. The molecule has 7 nitrogen and oxygen atoms in total. The molecule has 2 aromatic rings. The van der Waals surface area contributed by atoms with Crippen molar-refractivity contribution in [2.75, 3.05) is 13.7 Å². The van der Waals surface area contributed by atoms with Gasteiger partial charge in [-0.2, -0.15) is 0 Å². The molecule has 1 amide bonds. The Labute approximate surface area is 141 Å². The summed E-state index contributed by atoms with van der Waals surface area (Å²) in [5.74, 6) is 1.21. The minimum Gasteiger partial charge on any atom is -0.380 e. The largest absolute Gasteiger partial charge is 0.380 e. The minimum absolute atomic E-state index is 0.0525. The maximum absolute atomic E-state index is 13.1. The fraction of sp³-hybridized carbons (Fsp3) is 0.647. The number of likely N-dealkylation sites (tertiary alicyclic amines) is 1. The Hall–Kier alpha value is -2.02. The third kappa shape index (κ3) is 2.66. The Morgan fingerprint density at radius 2 is 2.08 bits per heavy atom. The van der Waals surface area contributed by atoms with E-state index in [-0.39, 0.29) is 24.0 Å². The zero-order valence-electron chi connectivity index (χ0n) is 14.0. The number of rotatable bonds is 3. The van der Waals surface area contributed by atoms with Gasteiger partial charge in [0.2, 0.25) is 5.91 Å². The van der Waals surface area contributed by atoms with Crippen LogP contribution in [-0.4, -0.2) is 50.1 Å². The first-order valence-electron chi connectivity index (χ1n) is 8.76. The van der Waals surface area contributed by atoms with Crippen LogP contribution in [-0.2, 0) is 9.53 Å². The highest BCUT2D eigenvalue weighted by molar-refractivity contribution is 5.79. The van der Waals surface area contributed by atoms with Gasteiger partial charge >= 0.3 is 0 Å². The van der Waals surface area contributed by atoms with Crippen LogP contribution in [0.25, 0.3) is 5.65 Å². The molecule has 0 aromatic carbocycles. The van der Waals surface area contributed by atoms with Gasteiger partial charge < -0.3 is 9.64 Å². The Morgan fingerprint density at radius 1 is 1.25 bits per heavy atom. The summed E-state index contributed by atoms with van der Waals surface area (Å²) in [4.78, 5) is 19.2. The minimum atomic E-state index is -0.0817. The van der Waals surface area contributed by atoms with Gasteiger partial charge in [0, 0.05) is 38.4 Å². The number of methoxy groups -OCH3 is 1. The van der Waals surface area contributed by atoms with Crippen molar-refractivity contribution >= 4 is 11.6 Å². The molecule has 3 heterocycles. The van der Waals surface area contributed by atoms with Crippen molar-refractivity contribution in [3.63, 3.8) is 0 Å². The first-order chi connectivity index (χ1) is 11.8. The summed E-state index contributed by atoms with van der Waals surface area (Å²) in [5, 5.41) is 8.54. The predicted molar refractivity (Wildman–Crippen MR) is 87.2 cm³/mol. The maximum Gasteiger partial charge on any atom is 0.226 e. The molecule has 2 atom stereocenters. The maximum atomic E-state index is 13.1. The van der Waals surface area contributed by atoms with Gasteiger partial charge in [-0.1, -0.05) is 19.3 Å². The van der Waals surface area contributed by atoms with Crippen molar-refractivity contribution < 1.29 is 9.53 Å². The van der Waals surface area contributed by atoms with Crippen LogP contribution in [0.2, 0.25) is 0 Å². The van der Waals surface area contributed by atoms with Crippen LogP contribution in [0.5, 0.6) is 0 Å². The standard InChI is InChI=1S/C17H23N5O2/c1-24-13-9-14(16-20-19-15-10-18-7-8-21(15)16)22(11-13)17(23)12-5-3-2-4-6-12/h7-8,10,12-14H,2-6,9,11H2,1H3/t13-,14+/m1/s1. The number of ether oxygens (including phenoxy) is 1. The lowest BCUT2D eigenvalue weighted by Crippen LogP contribution is -2.38. The van der Waals surface area contributed by atoms with Crippen LogP contribution in [0, 0.1) is 5.92 Å². The Balaban J connectivity index is 1.65. The second-order valence-electron chi connectivity index (χ2n) is 6.80. The molecule has 2 fully saturated rings. The first kappa shape index (κ1) is 15.5. The molecule has 4 rings (SSSR count). The summed E-state index contributed by atoms with van der Waals surface area (Å²) >= 11 is 0. The van der Waals surface area contributed by atoms with Gasteiger partial charge in [0.1, 0.15) is 0 Å². The molecule has 0 bridgehead atoms. The van der Waals surface area contributed by atoms with Gasteiger partial charge in [-0.05, 0) is 12.8 Å². The number of carbonyl (C=O) groups excluding carboxylic acids is 1. The quantitative estimate of drug-likeness (QED) is 0.861. The number of fused-ring (bicyclic) bond motifs is 1. The van der Waals surface area contributed by atoms with Gasteiger partial charge in [0.25, 0.3) is 0 Å². The van der Waals surface area contributed by atoms with Crippen molar-refractivity contribution in [1.29, 1.82) is 0 Å². The van der Waals surface area contributed by atoms with E-state index in [4.69, 9.17) is 4.74 Å². The summed E-state index contributed by atoms with van der Waals surface area (Å²) in [6.07, 6.45) is 11.6. The van der Waals surface area contributed by atoms with Crippen LogP contribution in [0.3, 0.4) is 0 Å². The van der Waals surface area contributed by atoms with Crippen molar-refractivity contribution in [3.05, 3.63) is 24.4 Å². The molecule has 0 spiro atoms. The molecule has 128 valence electrons. The fourth-order valence-corrected chi connectivity index (χ4v) is 4.04. The molecular weight excluding hydrogens is 306 g/mol. The van der Waals surface area contributed by atoms with Gasteiger partial charge in [-0.15, -0.1) is 10.2 Å². The first-order valence-corrected chi connectivity index (χ1v) is 8.76. The Morgan fingerprint density at radius 3 is 2.88 bits per heavy atom. The molecular formula is C17H23N5O2. The second kappa shape index (κ2) is 6.47. The highest BCUT2D eigenvalue weighted by atomic mass is 16.5.